The molecule has 0 aromatic heterocycles. The van der Waals surface area contributed by atoms with Crippen molar-refractivity contribution in [2.24, 2.45) is 0 Å². The highest BCUT2D eigenvalue weighted by atomic mass is 16.5. The lowest BCUT2D eigenvalue weighted by Gasteiger charge is -2.23. The van der Waals surface area contributed by atoms with Crippen molar-refractivity contribution in [3.8, 4) is 0 Å². The number of nitrogens with zero attached hydrogens (tertiary/aromatic N) is 1. The van der Waals surface area contributed by atoms with Crippen molar-refractivity contribution in [2.75, 3.05) is 20.2 Å². The summed E-state index contributed by atoms with van der Waals surface area (Å²) in [6.07, 6.45) is 6.88. The number of likely N-dealkylation sites (tertiary alicyclic amines) is 1. The minimum absolute atomic E-state index is 0.0739. The highest BCUT2D eigenvalue weighted by molar-refractivity contribution is 6.08. The molecule has 1 heterocycles. The normalized spacial score (nSPS) is 22.6. The lowest BCUT2D eigenvalue weighted by atomic mass is 9.94. The van der Waals surface area contributed by atoms with Gasteiger partial charge >= 0.3 is 0 Å². The number of allylic oxidation sites excluding steroid dienone is 2. The molecule has 2 aromatic carbocycles. The van der Waals surface area contributed by atoms with Crippen LogP contribution in [0.5, 0.6) is 0 Å². The Morgan fingerprint density at radius 2 is 1.78 bits per heavy atom. The van der Waals surface area contributed by atoms with Crippen LogP contribution < -0.4 is 0 Å². The summed E-state index contributed by atoms with van der Waals surface area (Å²) in [4.78, 5) is 15.0. The molecule has 1 saturated heterocycles. The number of likely N-dealkylation sites (N-methyl/N-ethyl adjacent to an activating group) is 1. The fourth-order valence-electron chi connectivity index (χ4n) is 4.17. The first-order chi connectivity index (χ1) is 13.2. The Bertz CT molecular complexity index is 810. The van der Waals surface area contributed by atoms with E-state index in [2.05, 4.69) is 30.2 Å². The first-order valence-corrected chi connectivity index (χ1v) is 9.95. The van der Waals surface area contributed by atoms with Crippen LogP contribution in [0.3, 0.4) is 0 Å². The zero-order valence-corrected chi connectivity index (χ0v) is 15.9. The van der Waals surface area contributed by atoms with E-state index in [1.54, 1.807) is 0 Å². The van der Waals surface area contributed by atoms with Gasteiger partial charge in [0.15, 0.2) is 5.78 Å². The highest BCUT2D eigenvalue weighted by Gasteiger charge is 2.26. The second-order valence-electron chi connectivity index (χ2n) is 7.64. The molecule has 3 heteroatoms. The molecular formula is C24H27NO2. The van der Waals surface area contributed by atoms with Crippen LogP contribution in [0.15, 0.2) is 66.4 Å². The quantitative estimate of drug-likeness (QED) is 0.693. The molecule has 0 bridgehead atoms. The van der Waals surface area contributed by atoms with Gasteiger partial charge < -0.3 is 9.64 Å². The van der Waals surface area contributed by atoms with E-state index in [1.165, 1.54) is 24.9 Å². The van der Waals surface area contributed by atoms with Gasteiger partial charge in [-0.3, -0.25) is 4.79 Å². The molecule has 1 aliphatic carbocycles. The second kappa shape index (κ2) is 8.10. The lowest BCUT2D eigenvalue weighted by molar-refractivity contribution is 0.103. The molecule has 0 N–H and O–H groups in total. The van der Waals surface area contributed by atoms with Crippen LogP contribution in [0.4, 0.5) is 0 Å². The van der Waals surface area contributed by atoms with Crippen molar-refractivity contribution in [3.05, 3.63) is 83.1 Å². The van der Waals surface area contributed by atoms with Crippen molar-refractivity contribution < 1.29 is 9.53 Å². The number of hydrogen-bond donors (Lipinski definition) is 0. The fraction of sp³-hybridized carbons (Fsp3) is 0.375. The minimum atomic E-state index is 0.0739. The Hall–Kier alpha value is -2.39. The van der Waals surface area contributed by atoms with Gasteiger partial charge in [0, 0.05) is 23.1 Å². The van der Waals surface area contributed by atoms with Crippen molar-refractivity contribution in [1.29, 1.82) is 0 Å². The van der Waals surface area contributed by atoms with Gasteiger partial charge in [-0.15, -0.1) is 0 Å². The van der Waals surface area contributed by atoms with E-state index in [1.807, 2.05) is 42.5 Å². The first-order valence-electron chi connectivity index (χ1n) is 9.95. The average Bonchev–Trinajstić information content (AvgIpc) is 3.35. The van der Waals surface area contributed by atoms with E-state index in [0.717, 1.165) is 36.3 Å². The number of rotatable bonds is 6. The first kappa shape index (κ1) is 18.0. The molecule has 0 unspecified atom stereocenters. The third kappa shape index (κ3) is 3.98. The van der Waals surface area contributed by atoms with Gasteiger partial charge in [-0.25, -0.2) is 0 Å². The monoisotopic (exact) mass is 361 g/mol. The molecule has 3 nitrogen and oxygen atoms in total. The molecule has 0 radical (unpaired) electrons. The van der Waals surface area contributed by atoms with Crippen molar-refractivity contribution in [1.82, 2.24) is 4.90 Å². The molecule has 140 valence electrons. The maximum Gasteiger partial charge on any atom is 0.193 e. The summed E-state index contributed by atoms with van der Waals surface area (Å²) < 4.78 is 6.22. The van der Waals surface area contributed by atoms with Gasteiger partial charge in [-0.2, -0.15) is 0 Å². The van der Waals surface area contributed by atoms with Crippen LogP contribution in [0.2, 0.25) is 0 Å². The average molecular weight is 361 g/mol. The Kier molecular flexibility index (Phi) is 5.40. The Morgan fingerprint density at radius 1 is 1.04 bits per heavy atom. The molecular weight excluding hydrogens is 334 g/mol. The second-order valence-corrected chi connectivity index (χ2v) is 7.64. The molecule has 0 spiro atoms. The number of benzene rings is 2. The maximum absolute atomic E-state index is 12.6. The number of ketones is 1. The molecule has 2 aromatic rings. The molecule has 2 aliphatic rings. The highest BCUT2D eigenvalue weighted by Crippen LogP contribution is 2.36. The Labute approximate surface area is 161 Å². The number of carbonyl (C=O) groups excluding carboxylic acids is 1. The predicted molar refractivity (Wildman–Crippen MR) is 108 cm³/mol. The van der Waals surface area contributed by atoms with Crippen LogP contribution in [0, 0.1) is 0 Å². The Morgan fingerprint density at radius 3 is 2.48 bits per heavy atom. The van der Waals surface area contributed by atoms with E-state index >= 15 is 0 Å². The predicted octanol–water partition coefficient (Wildman–Crippen LogP) is 4.79. The van der Waals surface area contributed by atoms with E-state index < -0.39 is 0 Å². The van der Waals surface area contributed by atoms with E-state index in [4.69, 9.17) is 4.74 Å². The van der Waals surface area contributed by atoms with Gasteiger partial charge in [0.05, 0.1) is 5.76 Å². The van der Waals surface area contributed by atoms with Crippen molar-refractivity contribution >= 4 is 5.78 Å². The number of carbonyl (C=O) groups is 1. The Balaban J connectivity index is 1.42. The van der Waals surface area contributed by atoms with Gasteiger partial charge in [-0.05, 0) is 50.9 Å². The van der Waals surface area contributed by atoms with Crippen LogP contribution in [-0.2, 0) is 4.74 Å². The van der Waals surface area contributed by atoms with Crippen LogP contribution in [0.1, 0.15) is 53.1 Å². The van der Waals surface area contributed by atoms with E-state index in [-0.39, 0.29) is 5.78 Å². The molecule has 2 atom stereocenters. The topological polar surface area (TPSA) is 29.5 Å². The summed E-state index contributed by atoms with van der Waals surface area (Å²) in [5.74, 6) is 1.50. The standard InChI is InChI=1S/C24H27NO2/c1-25-16-6-9-21(25)17-27-23-11-5-10-22(23)18-12-14-20(15-13-18)24(26)19-7-3-2-4-8-19/h2-4,7-8,11-15,21-22H,5-6,9-10,16-17H2,1H3/t21-,22+/m0/s1. The number of ether oxygens (including phenoxy) is 1. The number of hydrogen-bond acceptors (Lipinski definition) is 3. The van der Waals surface area contributed by atoms with E-state index in [9.17, 15) is 4.79 Å². The van der Waals surface area contributed by atoms with E-state index in [0.29, 0.717) is 12.0 Å². The van der Waals surface area contributed by atoms with Crippen LogP contribution in [0.25, 0.3) is 0 Å². The van der Waals surface area contributed by atoms with Gasteiger partial charge in [0.25, 0.3) is 0 Å². The zero-order chi connectivity index (χ0) is 18.6. The maximum atomic E-state index is 12.6. The third-order valence-electron chi connectivity index (χ3n) is 5.87. The lowest BCUT2D eigenvalue weighted by Crippen LogP contribution is -2.29. The summed E-state index contributed by atoms with van der Waals surface area (Å²) in [5.41, 5.74) is 2.71. The largest absolute Gasteiger partial charge is 0.496 e. The summed E-state index contributed by atoms with van der Waals surface area (Å²) in [6, 6.07) is 18.1. The van der Waals surface area contributed by atoms with Crippen LogP contribution in [-0.4, -0.2) is 36.9 Å². The zero-order valence-electron chi connectivity index (χ0n) is 15.9. The van der Waals surface area contributed by atoms with Gasteiger partial charge in [-0.1, -0.05) is 54.6 Å². The van der Waals surface area contributed by atoms with Crippen molar-refractivity contribution in [3.63, 3.8) is 0 Å². The summed E-state index contributed by atoms with van der Waals surface area (Å²) in [6.45, 7) is 1.96. The summed E-state index contributed by atoms with van der Waals surface area (Å²) >= 11 is 0. The molecule has 1 fully saturated rings. The molecule has 1 aliphatic heterocycles. The summed E-state index contributed by atoms with van der Waals surface area (Å²) in [5, 5.41) is 0. The van der Waals surface area contributed by atoms with Crippen LogP contribution >= 0.6 is 0 Å². The van der Waals surface area contributed by atoms with Gasteiger partial charge in [0.1, 0.15) is 6.61 Å². The fourth-order valence-corrected chi connectivity index (χ4v) is 4.17. The SMILES string of the molecule is CN1CCC[C@H]1COC1=CCC[C@@H]1c1ccc(C(=O)c2ccccc2)cc1. The molecule has 0 saturated carbocycles. The minimum Gasteiger partial charge on any atom is -0.496 e. The summed E-state index contributed by atoms with van der Waals surface area (Å²) in [7, 11) is 2.18. The third-order valence-corrected chi connectivity index (χ3v) is 5.87. The molecule has 27 heavy (non-hydrogen) atoms. The smallest absolute Gasteiger partial charge is 0.193 e. The molecule has 0 amide bonds. The van der Waals surface area contributed by atoms with Gasteiger partial charge in [0.2, 0.25) is 0 Å². The molecule has 4 rings (SSSR count). The van der Waals surface area contributed by atoms with Crippen molar-refractivity contribution in [2.45, 2.75) is 37.6 Å².